The third kappa shape index (κ3) is 5.26. The van der Waals surface area contributed by atoms with E-state index in [4.69, 9.17) is 0 Å². The number of nitro groups is 1. The molecule has 4 rings (SSSR count). The Labute approximate surface area is 190 Å². The van der Waals surface area contributed by atoms with Gasteiger partial charge in [0.05, 0.1) is 16.0 Å². The molecule has 0 aliphatic rings. The lowest BCUT2D eigenvalue weighted by molar-refractivity contribution is -0.384. The summed E-state index contributed by atoms with van der Waals surface area (Å²) in [7, 11) is 0. The molecule has 0 bridgehead atoms. The van der Waals surface area contributed by atoms with Gasteiger partial charge in [0.25, 0.3) is 11.6 Å². The van der Waals surface area contributed by atoms with Gasteiger partial charge in [-0.05, 0) is 36.3 Å². The minimum atomic E-state index is -0.792. The molecule has 0 atom stereocenters. The van der Waals surface area contributed by atoms with E-state index in [1.165, 1.54) is 47.4 Å². The molecular formula is C22H17F2N5O3S. The number of rotatable bonds is 8. The highest BCUT2D eigenvalue weighted by molar-refractivity contribution is 7.22. The molecule has 0 saturated carbocycles. The summed E-state index contributed by atoms with van der Waals surface area (Å²) in [5.41, 5.74) is 0.552. The van der Waals surface area contributed by atoms with Crippen molar-refractivity contribution in [2.45, 2.75) is 13.0 Å². The topological polar surface area (TPSA) is 94.2 Å². The molecule has 2 aromatic carbocycles. The van der Waals surface area contributed by atoms with Crippen LogP contribution in [0.2, 0.25) is 0 Å². The van der Waals surface area contributed by atoms with Crippen LogP contribution in [-0.2, 0) is 11.3 Å². The second kappa shape index (κ2) is 9.65. The van der Waals surface area contributed by atoms with Gasteiger partial charge in [-0.2, -0.15) is 0 Å². The molecule has 8 nitrogen and oxygen atoms in total. The number of aryl methyl sites for hydroxylation is 1. The number of hydrogen-bond acceptors (Lipinski definition) is 6. The van der Waals surface area contributed by atoms with E-state index in [0.717, 1.165) is 17.4 Å². The third-order valence-electron chi connectivity index (χ3n) is 4.78. The molecule has 0 radical (unpaired) electrons. The summed E-state index contributed by atoms with van der Waals surface area (Å²) in [6.45, 7) is 0.884. The molecule has 0 fully saturated rings. The van der Waals surface area contributed by atoms with Gasteiger partial charge in [-0.3, -0.25) is 19.8 Å². The first-order chi connectivity index (χ1) is 15.9. The van der Waals surface area contributed by atoms with Crippen molar-refractivity contribution >= 4 is 44.4 Å². The van der Waals surface area contributed by atoms with Crippen LogP contribution in [0.15, 0.2) is 61.2 Å². The Morgan fingerprint density at radius 3 is 2.73 bits per heavy atom. The maximum Gasteiger partial charge on any atom is 0.269 e. The molecule has 0 aliphatic heterocycles. The minimum Gasteiger partial charge on any atom is -0.337 e. The van der Waals surface area contributed by atoms with E-state index >= 15 is 0 Å². The van der Waals surface area contributed by atoms with Gasteiger partial charge < -0.3 is 4.57 Å². The van der Waals surface area contributed by atoms with Crippen molar-refractivity contribution in [1.82, 2.24) is 14.5 Å². The Bertz CT molecular complexity index is 1320. The van der Waals surface area contributed by atoms with Crippen LogP contribution in [0.5, 0.6) is 0 Å². The Morgan fingerprint density at radius 1 is 1.24 bits per heavy atom. The Morgan fingerprint density at radius 2 is 2.03 bits per heavy atom. The first-order valence-corrected chi connectivity index (χ1v) is 10.7. The van der Waals surface area contributed by atoms with Crippen LogP contribution in [0.3, 0.4) is 0 Å². The summed E-state index contributed by atoms with van der Waals surface area (Å²) < 4.78 is 29.9. The fourth-order valence-electron chi connectivity index (χ4n) is 3.16. The zero-order valence-electron chi connectivity index (χ0n) is 17.1. The van der Waals surface area contributed by atoms with Gasteiger partial charge in [-0.1, -0.05) is 11.3 Å². The maximum absolute atomic E-state index is 14.2. The molecule has 11 heteroatoms. The molecule has 0 aliphatic carbocycles. The summed E-state index contributed by atoms with van der Waals surface area (Å²) in [6, 6.07) is 7.68. The van der Waals surface area contributed by atoms with Crippen LogP contribution in [0.1, 0.15) is 12.0 Å². The van der Waals surface area contributed by atoms with Crippen LogP contribution >= 0.6 is 11.3 Å². The van der Waals surface area contributed by atoms with Crippen molar-refractivity contribution in [1.29, 1.82) is 0 Å². The van der Waals surface area contributed by atoms with Crippen molar-refractivity contribution in [2.75, 3.05) is 11.4 Å². The van der Waals surface area contributed by atoms with Crippen LogP contribution < -0.4 is 4.90 Å². The SMILES string of the molecule is O=C(/C=C/c1ccc([N+](=O)[O-])cc1)N(CCCn1ccnc1)c1nc2c(F)cc(F)cc2s1. The number of nitrogens with zero attached hydrogens (tertiary/aromatic N) is 5. The Hall–Kier alpha value is -3.99. The molecule has 2 aromatic heterocycles. The number of imidazole rings is 1. The number of halogens is 2. The summed E-state index contributed by atoms with van der Waals surface area (Å²) in [5, 5.41) is 11.0. The van der Waals surface area contributed by atoms with Gasteiger partial charge in [0.2, 0.25) is 0 Å². The second-order valence-corrected chi connectivity index (χ2v) is 8.07. The Kier molecular flexibility index (Phi) is 6.50. The number of thiazole rings is 1. The van der Waals surface area contributed by atoms with Gasteiger partial charge in [-0.15, -0.1) is 0 Å². The molecule has 4 aromatic rings. The molecule has 0 N–H and O–H groups in total. The smallest absolute Gasteiger partial charge is 0.269 e. The van der Waals surface area contributed by atoms with Crippen molar-refractivity contribution in [2.24, 2.45) is 0 Å². The number of carbonyl (C=O) groups is 1. The Balaban J connectivity index is 1.58. The first-order valence-electron chi connectivity index (χ1n) is 9.86. The number of carbonyl (C=O) groups excluding carboxylic acids is 1. The standard InChI is InChI=1S/C22H17F2N5O3S/c23-16-12-18(24)21-19(13-16)33-22(26-21)28(10-1-9-27-11-8-25-14-27)20(30)7-4-15-2-5-17(6-3-15)29(31)32/h2-8,11-14H,1,9-10H2/b7-4+. The molecule has 0 unspecified atom stereocenters. The summed E-state index contributed by atoms with van der Waals surface area (Å²) in [5.74, 6) is -1.91. The van der Waals surface area contributed by atoms with E-state index in [1.807, 2.05) is 4.57 Å². The summed E-state index contributed by atoms with van der Waals surface area (Å²) in [4.78, 5) is 32.9. The number of anilines is 1. The number of non-ortho nitro benzene ring substituents is 1. The molecule has 0 saturated heterocycles. The van der Waals surface area contributed by atoms with E-state index in [2.05, 4.69) is 9.97 Å². The fraction of sp³-hybridized carbons (Fsp3) is 0.136. The van der Waals surface area contributed by atoms with E-state index in [-0.39, 0.29) is 22.9 Å². The minimum absolute atomic E-state index is 0.00292. The average molecular weight is 469 g/mol. The van der Waals surface area contributed by atoms with Crippen LogP contribution in [0.25, 0.3) is 16.3 Å². The highest BCUT2D eigenvalue weighted by Crippen LogP contribution is 2.31. The number of amides is 1. The van der Waals surface area contributed by atoms with Gasteiger partial charge in [-0.25, -0.2) is 18.7 Å². The monoisotopic (exact) mass is 469 g/mol. The van der Waals surface area contributed by atoms with Gasteiger partial charge in [0.1, 0.15) is 11.3 Å². The highest BCUT2D eigenvalue weighted by Gasteiger charge is 2.20. The molecule has 1 amide bonds. The van der Waals surface area contributed by atoms with Crippen molar-refractivity contribution in [3.05, 3.63) is 88.5 Å². The largest absolute Gasteiger partial charge is 0.337 e. The van der Waals surface area contributed by atoms with Crippen LogP contribution in [-0.4, -0.2) is 31.9 Å². The summed E-state index contributed by atoms with van der Waals surface area (Å²) in [6.07, 6.45) is 8.54. The normalized spacial score (nSPS) is 11.3. The second-order valence-electron chi connectivity index (χ2n) is 7.06. The maximum atomic E-state index is 14.2. The predicted molar refractivity (Wildman–Crippen MR) is 121 cm³/mol. The van der Waals surface area contributed by atoms with Crippen molar-refractivity contribution < 1.29 is 18.5 Å². The van der Waals surface area contributed by atoms with Crippen molar-refractivity contribution in [3.8, 4) is 0 Å². The zero-order chi connectivity index (χ0) is 23.4. The average Bonchev–Trinajstić information content (AvgIpc) is 3.45. The van der Waals surface area contributed by atoms with E-state index in [0.29, 0.717) is 23.2 Å². The van der Waals surface area contributed by atoms with Gasteiger partial charge >= 0.3 is 0 Å². The van der Waals surface area contributed by atoms with E-state index < -0.39 is 22.5 Å². The number of fused-ring (bicyclic) bond motifs is 1. The lowest BCUT2D eigenvalue weighted by atomic mass is 10.2. The number of nitro benzene ring substituents is 1. The van der Waals surface area contributed by atoms with Crippen LogP contribution in [0, 0.1) is 21.7 Å². The molecular weight excluding hydrogens is 452 g/mol. The van der Waals surface area contributed by atoms with Gasteiger partial charge in [0, 0.05) is 49.8 Å². The fourth-order valence-corrected chi connectivity index (χ4v) is 4.19. The van der Waals surface area contributed by atoms with Crippen molar-refractivity contribution in [3.63, 3.8) is 0 Å². The number of hydrogen-bond donors (Lipinski definition) is 0. The molecule has 2 heterocycles. The molecule has 168 valence electrons. The van der Waals surface area contributed by atoms with Crippen LogP contribution in [0.4, 0.5) is 19.6 Å². The zero-order valence-corrected chi connectivity index (χ0v) is 17.9. The number of benzene rings is 2. The molecule has 0 spiro atoms. The first kappa shape index (κ1) is 22.2. The quantitative estimate of drug-likeness (QED) is 0.210. The van der Waals surface area contributed by atoms with E-state index in [1.54, 1.807) is 18.7 Å². The van der Waals surface area contributed by atoms with E-state index in [9.17, 15) is 23.7 Å². The molecule has 33 heavy (non-hydrogen) atoms. The summed E-state index contributed by atoms with van der Waals surface area (Å²) >= 11 is 1.02. The van der Waals surface area contributed by atoms with Gasteiger partial charge in [0.15, 0.2) is 10.9 Å². The third-order valence-corrected chi connectivity index (χ3v) is 5.80. The number of aromatic nitrogens is 3. The lowest BCUT2D eigenvalue weighted by Gasteiger charge is -2.18. The lowest BCUT2D eigenvalue weighted by Crippen LogP contribution is -2.30. The highest BCUT2D eigenvalue weighted by atomic mass is 32.1. The predicted octanol–water partition coefficient (Wildman–Crippen LogP) is 4.82.